The highest BCUT2D eigenvalue weighted by atomic mass is 16.1. The molecule has 0 spiro atoms. The zero-order valence-electron chi connectivity index (χ0n) is 14.1. The number of nitrogens with zero attached hydrogens (tertiary/aromatic N) is 8. The van der Waals surface area contributed by atoms with Crippen molar-refractivity contribution in [3.8, 4) is 0 Å². The maximum atomic E-state index is 12.3. The normalized spacial score (nSPS) is 15.5. The highest BCUT2D eigenvalue weighted by molar-refractivity contribution is 6.03. The number of tetrazole rings is 1. The van der Waals surface area contributed by atoms with Crippen LogP contribution in [0.4, 0.5) is 11.9 Å². The summed E-state index contributed by atoms with van der Waals surface area (Å²) in [5.74, 6) is 0.490. The number of aryl methyl sites for hydroxylation is 2. The molecule has 0 radical (unpaired) electrons. The van der Waals surface area contributed by atoms with Crippen molar-refractivity contribution in [2.75, 3.05) is 43.4 Å². The van der Waals surface area contributed by atoms with E-state index >= 15 is 0 Å². The van der Waals surface area contributed by atoms with Crippen LogP contribution in [0.2, 0.25) is 0 Å². The molecule has 10 heteroatoms. The Morgan fingerprint density at radius 2 is 2.04 bits per heavy atom. The number of carbonyl (C=O) groups excluding carboxylic acids is 1. The van der Waals surface area contributed by atoms with Gasteiger partial charge >= 0.3 is 0 Å². The fraction of sp³-hybridized carbons (Fsp3) is 0.571. The number of rotatable bonds is 4. The predicted molar refractivity (Wildman–Crippen MR) is 87.9 cm³/mol. The van der Waals surface area contributed by atoms with E-state index < -0.39 is 0 Å². The number of amides is 1. The second-order valence-electron chi connectivity index (χ2n) is 5.72. The number of anilines is 2. The monoisotopic (exact) mass is 331 g/mol. The Bertz CT molecular complexity index is 721. The Morgan fingerprint density at radius 3 is 2.67 bits per heavy atom. The van der Waals surface area contributed by atoms with Gasteiger partial charge in [-0.05, 0) is 26.1 Å². The van der Waals surface area contributed by atoms with Gasteiger partial charge < -0.3 is 9.80 Å². The van der Waals surface area contributed by atoms with Crippen LogP contribution in [0.15, 0.2) is 6.20 Å². The molecule has 0 bridgehead atoms. The van der Waals surface area contributed by atoms with Gasteiger partial charge in [-0.2, -0.15) is 4.80 Å². The Balaban J connectivity index is 1.70. The third-order valence-electron chi connectivity index (χ3n) is 3.96. The molecule has 0 aliphatic carbocycles. The molecule has 0 unspecified atom stereocenters. The summed E-state index contributed by atoms with van der Waals surface area (Å²) >= 11 is 0. The lowest BCUT2D eigenvalue weighted by atomic mass is 10.2. The van der Waals surface area contributed by atoms with Crippen molar-refractivity contribution in [2.45, 2.75) is 20.4 Å². The molecule has 0 aromatic carbocycles. The topological polar surface area (TPSA) is 105 Å². The summed E-state index contributed by atoms with van der Waals surface area (Å²) in [5, 5.41) is 14.2. The van der Waals surface area contributed by atoms with E-state index in [1.165, 1.54) is 4.80 Å². The number of carbonyl (C=O) groups is 1. The smallest absolute Gasteiger partial charge is 0.270 e. The van der Waals surface area contributed by atoms with Crippen LogP contribution in [0.25, 0.3) is 0 Å². The molecule has 3 rings (SSSR count). The standard InChI is InChI=1S/C14H21N9O/c1-4-23-19-13(18-20-23)17-12(24)11-9-15-14(16-10(11)2)22-7-5-21(3)6-8-22/h9H,4-8H2,1-3H3,(H,17,19,24). The van der Waals surface area contributed by atoms with E-state index in [1.807, 2.05) is 6.92 Å². The largest absolute Gasteiger partial charge is 0.338 e. The van der Waals surface area contributed by atoms with Crippen LogP contribution in [0.1, 0.15) is 23.0 Å². The van der Waals surface area contributed by atoms with Gasteiger partial charge in [0.15, 0.2) is 0 Å². The van der Waals surface area contributed by atoms with Crippen LogP contribution >= 0.6 is 0 Å². The molecule has 10 nitrogen and oxygen atoms in total. The summed E-state index contributed by atoms with van der Waals surface area (Å²) in [6, 6.07) is 0. The van der Waals surface area contributed by atoms with E-state index in [4.69, 9.17) is 0 Å². The van der Waals surface area contributed by atoms with Gasteiger partial charge in [-0.3, -0.25) is 10.1 Å². The van der Waals surface area contributed by atoms with Crippen LogP contribution in [-0.4, -0.2) is 74.2 Å². The third kappa shape index (κ3) is 3.48. The average molecular weight is 331 g/mol. The first-order valence-corrected chi connectivity index (χ1v) is 7.93. The number of piperazine rings is 1. The van der Waals surface area contributed by atoms with Crippen molar-refractivity contribution >= 4 is 17.8 Å². The third-order valence-corrected chi connectivity index (χ3v) is 3.96. The summed E-state index contributed by atoms with van der Waals surface area (Å²) in [5.41, 5.74) is 1.03. The fourth-order valence-electron chi connectivity index (χ4n) is 2.43. The Morgan fingerprint density at radius 1 is 1.29 bits per heavy atom. The molecule has 24 heavy (non-hydrogen) atoms. The summed E-state index contributed by atoms with van der Waals surface area (Å²) in [6.07, 6.45) is 1.55. The quantitative estimate of drug-likeness (QED) is 0.821. The maximum absolute atomic E-state index is 12.3. The minimum Gasteiger partial charge on any atom is -0.338 e. The second kappa shape index (κ2) is 6.87. The number of likely N-dealkylation sites (N-methyl/N-ethyl adjacent to an activating group) is 1. The molecule has 1 saturated heterocycles. The van der Waals surface area contributed by atoms with E-state index in [2.05, 4.69) is 47.5 Å². The summed E-state index contributed by atoms with van der Waals surface area (Å²) in [7, 11) is 2.10. The fourth-order valence-corrected chi connectivity index (χ4v) is 2.43. The minimum atomic E-state index is -0.340. The van der Waals surface area contributed by atoms with Crippen molar-refractivity contribution in [1.29, 1.82) is 0 Å². The highest BCUT2D eigenvalue weighted by Gasteiger charge is 2.19. The Labute approximate surface area is 139 Å². The second-order valence-corrected chi connectivity index (χ2v) is 5.72. The number of hydrogen-bond donors (Lipinski definition) is 1. The molecule has 1 aliphatic rings. The van der Waals surface area contributed by atoms with E-state index in [0.29, 0.717) is 23.8 Å². The SMILES string of the molecule is CCn1nnc(NC(=O)c2cnc(N3CCN(C)CC3)nc2C)n1. The summed E-state index contributed by atoms with van der Waals surface area (Å²) < 4.78 is 0. The number of nitrogens with one attached hydrogen (secondary N) is 1. The van der Waals surface area contributed by atoms with Crippen molar-refractivity contribution in [1.82, 2.24) is 35.1 Å². The Hall–Kier alpha value is -2.62. The molecule has 1 fully saturated rings. The van der Waals surface area contributed by atoms with Crippen LogP contribution in [0.5, 0.6) is 0 Å². The van der Waals surface area contributed by atoms with Crippen LogP contribution in [0, 0.1) is 6.92 Å². The first-order valence-electron chi connectivity index (χ1n) is 7.93. The van der Waals surface area contributed by atoms with Gasteiger partial charge in [-0.1, -0.05) is 5.10 Å². The molecule has 0 atom stereocenters. The van der Waals surface area contributed by atoms with Crippen molar-refractivity contribution in [3.63, 3.8) is 0 Å². The van der Waals surface area contributed by atoms with Gasteiger partial charge in [-0.15, -0.1) is 5.10 Å². The highest BCUT2D eigenvalue weighted by Crippen LogP contribution is 2.14. The Kier molecular flexibility index (Phi) is 4.65. The lowest BCUT2D eigenvalue weighted by Crippen LogP contribution is -2.45. The molecular formula is C14H21N9O. The molecule has 1 amide bonds. The van der Waals surface area contributed by atoms with E-state index in [-0.39, 0.29) is 11.9 Å². The maximum Gasteiger partial charge on any atom is 0.270 e. The minimum absolute atomic E-state index is 0.171. The molecule has 3 heterocycles. The van der Waals surface area contributed by atoms with Gasteiger partial charge in [-0.25, -0.2) is 9.97 Å². The number of aromatic nitrogens is 6. The van der Waals surface area contributed by atoms with Crippen LogP contribution in [0.3, 0.4) is 0 Å². The van der Waals surface area contributed by atoms with Gasteiger partial charge in [0, 0.05) is 32.4 Å². The molecule has 0 saturated carbocycles. The van der Waals surface area contributed by atoms with Gasteiger partial charge in [0.1, 0.15) is 0 Å². The van der Waals surface area contributed by atoms with Crippen molar-refractivity contribution in [2.24, 2.45) is 0 Å². The van der Waals surface area contributed by atoms with Gasteiger partial charge in [0.25, 0.3) is 11.9 Å². The molecule has 1 aliphatic heterocycles. The van der Waals surface area contributed by atoms with Crippen molar-refractivity contribution < 1.29 is 4.79 Å². The predicted octanol–water partition coefficient (Wildman–Crippen LogP) is -0.204. The van der Waals surface area contributed by atoms with Crippen LogP contribution < -0.4 is 10.2 Å². The van der Waals surface area contributed by atoms with E-state index in [9.17, 15) is 4.79 Å². The summed E-state index contributed by atoms with van der Waals surface area (Å²) in [6.45, 7) is 7.99. The number of hydrogen-bond acceptors (Lipinski definition) is 8. The first-order chi connectivity index (χ1) is 11.6. The van der Waals surface area contributed by atoms with E-state index in [1.54, 1.807) is 13.1 Å². The molecule has 2 aromatic heterocycles. The van der Waals surface area contributed by atoms with Gasteiger partial charge in [0.2, 0.25) is 5.95 Å². The zero-order valence-corrected chi connectivity index (χ0v) is 14.1. The van der Waals surface area contributed by atoms with Crippen molar-refractivity contribution in [3.05, 3.63) is 17.5 Å². The molecule has 128 valence electrons. The lowest BCUT2D eigenvalue weighted by molar-refractivity contribution is 0.102. The molecule has 2 aromatic rings. The van der Waals surface area contributed by atoms with Crippen LogP contribution in [-0.2, 0) is 6.54 Å². The molecule has 1 N–H and O–H groups in total. The lowest BCUT2D eigenvalue weighted by Gasteiger charge is -2.32. The zero-order chi connectivity index (χ0) is 17.1. The summed E-state index contributed by atoms with van der Waals surface area (Å²) in [4.78, 5) is 27.0. The average Bonchev–Trinajstić information content (AvgIpc) is 3.03. The van der Waals surface area contributed by atoms with Gasteiger partial charge in [0.05, 0.1) is 17.8 Å². The first kappa shape index (κ1) is 16.2. The molecular weight excluding hydrogens is 310 g/mol. The van der Waals surface area contributed by atoms with E-state index in [0.717, 1.165) is 26.2 Å².